The molecule has 1 aromatic carbocycles. The van der Waals surface area contributed by atoms with Crippen LogP contribution in [0.3, 0.4) is 0 Å². The second-order valence-corrected chi connectivity index (χ2v) is 6.79. The number of aryl methyl sites for hydroxylation is 1. The fourth-order valence-electron chi connectivity index (χ4n) is 3.19. The fraction of sp³-hybridized carbons (Fsp3) is 0.529. The number of carboxylic acids is 1. The summed E-state index contributed by atoms with van der Waals surface area (Å²) in [5, 5.41) is 14.4. The first-order valence-electron chi connectivity index (χ1n) is 7.27. The number of hydrogen-bond donors (Lipinski definition) is 1. The van der Waals surface area contributed by atoms with Crippen molar-refractivity contribution in [2.45, 2.75) is 40.5 Å². The third-order valence-electron chi connectivity index (χ3n) is 5.31. The van der Waals surface area contributed by atoms with Crippen LogP contribution in [0.2, 0.25) is 0 Å². The summed E-state index contributed by atoms with van der Waals surface area (Å²) >= 11 is 0. The maximum absolute atomic E-state index is 12.5. The van der Waals surface area contributed by atoms with E-state index in [0.29, 0.717) is 12.8 Å². The summed E-state index contributed by atoms with van der Waals surface area (Å²) in [5.41, 5.74) is 0.255. The van der Waals surface area contributed by atoms with Gasteiger partial charge in [-0.2, -0.15) is 0 Å². The molecule has 0 aromatic heterocycles. The summed E-state index contributed by atoms with van der Waals surface area (Å²) in [5.74, 6) is -1.52. The van der Waals surface area contributed by atoms with Crippen LogP contribution < -0.4 is 10.4 Å². The maximum Gasteiger partial charge on any atom is 0.228 e. The van der Waals surface area contributed by atoms with Crippen LogP contribution in [0.4, 0.5) is 5.69 Å². The average Bonchev–Trinajstić information content (AvgIpc) is 2.64. The zero-order valence-electron chi connectivity index (χ0n) is 13.0. The minimum Gasteiger partial charge on any atom is -0.550 e. The Morgan fingerprint density at radius 2 is 1.76 bits per heavy atom. The molecule has 0 radical (unpaired) electrons. The molecule has 0 bridgehead atoms. The number of nitrogens with one attached hydrogen (secondary N) is 1. The summed E-state index contributed by atoms with van der Waals surface area (Å²) in [4.78, 5) is 24.0. The Morgan fingerprint density at radius 1 is 1.19 bits per heavy atom. The molecule has 1 amide bonds. The standard InChI is InChI=1S/C17H23NO3/c1-11-5-7-12(8-6-11)18-14(19)13-9-10-17(4,15(20)21)16(13,2)3/h5-8,13H,9-10H2,1-4H3,(H,18,19)(H,20,21)/p-1/t13-,17+/m0/s1. The normalized spacial score (nSPS) is 27.3. The van der Waals surface area contributed by atoms with Crippen LogP contribution in [0, 0.1) is 23.7 Å². The van der Waals surface area contributed by atoms with Gasteiger partial charge in [0.15, 0.2) is 0 Å². The summed E-state index contributed by atoms with van der Waals surface area (Å²) in [6.45, 7) is 7.35. The van der Waals surface area contributed by atoms with E-state index in [1.807, 2.05) is 45.0 Å². The van der Waals surface area contributed by atoms with Gasteiger partial charge in [-0.15, -0.1) is 0 Å². The maximum atomic E-state index is 12.5. The van der Waals surface area contributed by atoms with Gasteiger partial charge >= 0.3 is 0 Å². The van der Waals surface area contributed by atoms with Gasteiger partial charge in [-0.25, -0.2) is 0 Å². The van der Waals surface area contributed by atoms with Crippen LogP contribution in [0.1, 0.15) is 39.2 Å². The van der Waals surface area contributed by atoms with Gasteiger partial charge in [-0.05, 0) is 37.3 Å². The predicted octanol–water partition coefficient (Wildman–Crippen LogP) is 2.13. The predicted molar refractivity (Wildman–Crippen MR) is 79.4 cm³/mol. The molecule has 0 unspecified atom stereocenters. The summed E-state index contributed by atoms with van der Waals surface area (Å²) < 4.78 is 0. The van der Waals surface area contributed by atoms with E-state index in [1.165, 1.54) is 0 Å². The summed E-state index contributed by atoms with van der Waals surface area (Å²) in [6.07, 6.45) is 1.03. The number of benzene rings is 1. The van der Waals surface area contributed by atoms with Gasteiger partial charge in [0, 0.05) is 23.0 Å². The molecular formula is C17H22NO3-. The molecule has 2 atom stereocenters. The van der Waals surface area contributed by atoms with Crippen molar-refractivity contribution in [3.8, 4) is 0 Å². The zero-order valence-corrected chi connectivity index (χ0v) is 13.0. The van der Waals surface area contributed by atoms with E-state index in [1.54, 1.807) is 6.92 Å². The van der Waals surface area contributed by atoms with Gasteiger partial charge in [0.25, 0.3) is 0 Å². The van der Waals surface area contributed by atoms with Gasteiger partial charge in [-0.3, -0.25) is 4.79 Å². The van der Waals surface area contributed by atoms with Crippen LogP contribution in [0.25, 0.3) is 0 Å². The molecular weight excluding hydrogens is 266 g/mol. The van der Waals surface area contributed by atoms with Crippen molar-refractivity contribution in [3.63, 3.8) is 0 Å². The number of carboxylic acid groups (broad SMARTS) is 1. The lowest BCUT2D eigenvalue weighted by molar-refractivity contribution is -0.323. The third kappa shape index (κ3) is 2.55. The number of carbonyl (C=O) groups excluding carboxylic acids is 2. The SMILES string of the molecule is Cc1ccc(NC(=O)[C@@H]2CC[C@](C)(C(=O)[O-])C2(C)C)cc1. The molecule has 0 spiro atoms. The third-order valence-corrected chi connectivity index (χ3v) is 5.31. The summed E-state index contributed by atoms with van der Waals surface area (Å²) in [7, 11) is 0. The molecule has 2 rings (SSSR count). The van der Waals surface area contributed by atoms with E-state index < -0.39 is 16.8 Å². The highest BCUT2D eigenvalue weighted by Crippen LogP contribution is 2.55. The number of amides is 1. The number of aliphatic carboxylic acids is 1. The van der Waals surface area contributed by atoms with Crippen LogP contribution in [-0.2, 0) is 9.59 Å². The Hall–Kier alpha value is -1.84. The van der Waals surface area contributed by atoms with Crippen LogP contribution in [-0.4, -0.2) is 11.9 Å². The van der Waals surface area contributed by atoms with Crippen molar-refractivity contribution in [1.82, 2.24) is 0 Å². The first-order chi connectivity index (χ1) is 9.68. The van der Waals surface area contributed by atoms with E-state index >= 15 is 0 Å². The lowest BCUT2D eigenvalue weighted by Crippen LogP contribution is -2.49. The van der Waals surface area contributed by atoms with Crippen molar-refractivity contribution in [2.75, 3.05) is 5.32 Å². The minimum atomic E-state index is -1.07. The van der Waals surface area contributed by atoms with Gasteiger partial charge in [0.05, 0.1) is 0 Å². The Balaban J connectivity index is 2.17. The van der Waals surface area contributed by atoms with E-state index in [2.05, 4.69) is 5.32 Å². The first kappa shape index (κ1) is 15.5. The molecule has 4 nitrogen and oxygen atoms in total. The van der Waals surface area contributed by atoms with Gasteiger partial charge in [-0.1, -0.05) is 38.5 Å². The number of rotatable bonds is 3. The second-order valence-electron chi connectivity index (χ2n) is 6.79. The molecule has 114 valence electrons. The Kier molecular flexibility index (Phi) is 3.83. The Labute approximate surface area is 125 Å². The molecule has 1 aromatic rings. The van der Waals surface area contributed by atoms with Crippen molar-refractivity contribution < 1.29 is 14.7 Å². The lowest BCUT2D eigenvalue weighted by Gasteiger charge is -2.41. The highest BCUT2D eigenvalue weighted by atomic mass is 16.4. The molecule has 1 aliphatic rings. The van der Waals surface area contributed by atoms with E-state index in [4.69, 9.17) is 0 Å². The molecule has 0 aliphatic heterocycles. The molecule has 1 fully saturated rings. The molecule has 21 heavy (non-hydrogen) atoms. The minimum absolute atomic E-state index is 0.117. The van der Waals surface area contributed by atoms with E-state index in [9.17, 15) is 14.7 Å². The van der Waals surface area contributed by atoms with Gasteiger partial charge in [0.2, 0.25) is 5.91 Å². The van der Waals surface area contributed by atoms with Gasteiger partial charge < -0.3 is 15.2 Å². The monoisotopic (exact) mass is 288 g/mol. The van der Waals surface area contributed by atoms with Crippen molar-refractivity contribution in [2.24, 2.45) is 16.7 Å². The molecule has 1 aliphatic carbocycles. The molecule has 0 heterocycles. The first-order valence-corrected chi connectivity index (χ1v) is 7.27. The van der Waals surface area contributed by atoms with Gasteiger partial charge in [0.1, 0.15) is 0 Å². The van der Waals surface area contributed by atoms with Crippen LogP contribution >= 0.6 is 0 Å². The molecule has 1 saturated carbocycles. The second kappa shape index (κ2) is 5.17. The lowest BCUT2D eigenvalue weighted by atomic mass is 9.65. The zero-order chi connectivity index (χ0) is 15.8. The van der Waals surface area contributed by atoms with E-state index in [-0.39, 0.29) is 11.8 Å². The van der Waals surface area contributed by atoms with Crippen LogP contribution in [0.5, 0.6) is 0 Å². The highest BCUT2D eigenvalue weighted by molar-refractivity contribution is 5.94. The van der Waals surface area contributed by atoms with Crippen LogP contribution in [0.15, 0.2) is 24.3 Å². The van der Waals surface area contributed by atoms with Crippen molar-refractivity contribution >= 4 is 17.6 Å². The highest BCUT2D eigenvalue weighted by Gasteiger charge is 2.54. The number of hydrogen-bond acceptors (Lipinski definition) is 3. The quantitative estimate of drug-likeness (QED) is 0.926. The fourth-order valence-corrected chi connectivity index (χ4v) is 3.19. The smallest absolute Gasteiger partial charge is 0.228 e. The Bertz CT molecular complexity index is 562. The molecule has 0 saturated heterocycles. The molecule has 4 heteroatoms. The average molecular weight is 288 g/mol. The van der Waals surface area contributed by atoms with Crippen molar-refractivity contribution in [3.05, 3.63) is 29.8 Å². The number of carbonyl (C=O) groups is 2. The Morgan fingerprint density at radius 3 is 2.24 bits per heavy atom. The topological polar surface area (TPSA) is 69.2 Å². The van der Waals surface area contributed by atoms with E-state index in [0.717, 1.165) is 11.3 Å². The summed E-state index contributed by atoms with van der Waals surface area (Å²) in [6, 6.07) is 7.57. The van der Waals surface area contributed by atoms with Crippen molar-refractivity contribution in [1.29, 1.82) is 0 Å². The molecule has 1 N–H and O–H groups in total. The number of anilines is 1. The largest absolute Gasteiger partial charge is 0.550 e.